The van der Waals surface area contributed by atoms with Crippen molar-refractivity contribution in [2.45, 2.75) is 52.6 Å². The van der Waals surface area contributed by atoms with E-state index in [1.807, 2.05) is 27.7 Å². The molecule has 1 aliphatic rings. The highest BCUT2D eigenvalue weighted by molar-refractivity contribution is 9.10. The van der Waals surface area contributed by atoms with Crippen LogP contribution in [0.2, 0.25) is 0 Å². The molecule has 0 unspecified atom stereocenters. The molecule has 1 aromatic heterocycles. The van der Waals surface area contributed by atoms with Gasteiger partial charge in [0.15, 0.2) is 0 Å². The van der Waals surface area contributed by atoms with Crippen molar-refractivity contribution in [2.75, 3.05) is 18.8 Å². The van der Waals surface area contributed by atoms with Crippen LogP contribution in [0.4, 0.5) is 19.1 Å². The van der Waals surface area contributed by atoms with Gasteiger partial charge in [0, 0.05) is 29.5 Å². The largest absolute Gasteiger partial charge is 0.416 e. The Morgan fingerprint density at radius 3 is 2.21 bits per heavy atom. The van der Waals surface area contributed by atoms with Gasteiger partial charge in [-0.25, -0.2) is 0 Å². The number of amides is 1. The molecule has 0 atom stereocenters. The number of piperidine rings is 1. The molecule has 0 saturated carbocycles. The van der Waals surface area contributed by atoms with Crippen LogP contribution in [-0.4, -0.2) is 29.1 Å². The first-order chi connectivity index (χ1) is 13.8. The van der Waals surface area contributed by atoms with Crippen molar-refractivity contribution < 1.29 is 22.5 Å². The van der Waals surface area contributed by atoms with Crippen LogP contribution in [0.5, 0.6) is 0 Å². The predicted molar refractivity (Wildman–Crippen MR) is 111 cm³/mol. The number of alkyl halides is 3. The summed E-state index contributed by atoms with van der Waals surface area (Å²) in [7, 11) is 0. The van der Waals surface area contributed by atoms with Gasteiger partial charge in [0.1, 0.15) is 0 Å². The first kappa shape index (κ1) is 25.0. The molecule has 0 spiro atoms. The third kappa shape index (κ3) is 6.48. The second-order valence-corrected chi connectivity index (χ2v) is 6.77. The summed E-state index contributed by atoms with van der Waals surface area (Å²) in [5.41, 5.74) is 5.71. The van der Waals surface area contributed by atoms with Crippen molar-refractivity contribution in [2.24, 2.45) is 0 Å². The summed E-state index contributed by atoms with van der Waals surface area (Å²) >= 11 is 3.07. The molecule has 1 saturated heterocycles. The van der Waals surface area contributed by atoms with Crippen molar-refractivity contribution >= 4 is 27.7 Å². The Morgan fingerprint density at radius 2 is 1.76 bits per heavy atom. The summed E-state index contributed by atoms with van der Waals surface area (Å²) < 4.78 is 43.2. The fourth-order valence-corrected chi connectivity index (χ4v) is 3.46. The monoisotopic (exact) mass is 477 g/mol. The summed E-state index contributed by atoms with van der Waals surface area (Å²) in [4.78, 5) is 14.2. The van der Waals surface area contributed by atoms with E-state index >= 15 is 0 Å². The molecule has 1 fully saturated rings. The molecule has 0 radical (unpaired) electrons. The number of anilines is 1. The van der Waals surface area contributed by atoms with Gasteiger partial charge in [0.2, 0.25) is 5.88 Å². The second-order valence-electron chi connectivity index (χ2n) is 5.91. The number of carbonyl (C=O) groups excluding carboxylic acids is 1. The second kappa shape index (κ2) is 11.2. The summed E-state index contributed by atoms with van der Waals surface area (Å²) in [6, 6.07) is 4.73. The van der Waals surface area contributed by atoms with Gasteiger partial charge in [-0.2, -0.15) is 13.2 Å². The average Bonchev–Trinajstić information content (AvgIpc) is 3.16. The number of nitrogens with zero attached hydrogens (tertiary/aromatic N) is 2. The van der Waals surface area contributed by atoms with Gasteiger partial charge in [0.05, 0.1) is 16.8 Å². The zero-order chi connectivity index (χ0) is 22.2. The lowest BCUT2D eigenvalue weighted by atomic mass is 9.93. The Labute approximate surface area is 177 Å². The summed E-state index contributed by atoms with van der Waals surface area (Å²) in [6.07, 6.45) is -3.06. The number of benzene rings is 1. The fourth-order valence-electron chi connectivity index (χ4n) is 2.91. The first-order valence-corrected chi connectivity index (χ1v) is 10.4. The highest BCUT2D eigenvalue weighted by Crippen LogP contribution is 2.33. The number of likely N-dealkylation sites (tertiary alicyclic amines) is 1. The van der Waals surface area contributed by atoms with Crippen LogP contribution in [-0.2, 0) is 6.18 Å². The summed E-state index contributed by atoms with van der Waals surface area (Å²) in [5.74, 6) is 0.113. The maximum Gasteiger partial charge on any atom is 0.416 e. The normalized spacial score (nSPS) is 14.4. The lowest BCUT2D eigenvalue weighted by Gasteiger charge is -2.31. The van der Waals surface area contributed by atoms with Gasteiger partial charge >= 0.3 is 6.18 Å². The molecule has 1 aromatic carbocycles. The van der Waals surface area contributed by atoms with E-state index in [-0.39, 0.29) is 27.7 Å². The van der Waals surface area contributed by atoms with Gasteiger partial charge in [0.25, 0.3) is 5.91 Å². The predicted octanol–water partition coefficient (Wildman–Crippen LogP) is 6.11. The number of carbonyl (C=O) groups is 1. The molecule has 1 amide bonds. The number of aromatic nitrogens is 1. The highest BCUT2D eigenvalue weighted by atomic mass is 79.9. The molecule has 29 heavy (non-hydrogen) atoms. The Bertz CT molecular complexity index is 786. The van der Waals surface area contributed by atoms with Crippen LogP contribution in [0.25, 0.3) is 0 Å². The Kier molecular flexibility index (Phi) is 9.68. The standard InChI is InChI=1S/C16H15BrF3N3O2.2C2H6/c17-12-7-10(16(18,19)20)1-2-11(12)15(24)23-5-3-9(4-6-23)13-8-14(21)25-22-13;2*1-2/h1-2,7-9H,3-6,21H2;2*1-2H3. The molecule has 2 heterocycles. The number of hydrogen-bond acceptors (Lipinski definition) is 4. The number of rotatable bonds is 2. The van der Waals surface area contributed by atoms with Crippen molar-refractivity contribution in [3.63, 3.8) is 0 Å². The number of halogens is 4. The van der Waals surface area contributed by atoms with Gasteiger partial charge in [-0.3, -0.25) is 4.79 Å². The average molecular weight is 478 g/mol. The van der Waals surface area contributed by atoms with E-state index in [1.54, 1.807) is 11.0 Å². The number of nitrogens with two attached hydrogens (primary N) is 1. The molecule has 3 rings (SSSR count). The molecular weight excluding hydrogens is 451 g/mol. The minimum absolute atomic E-state index is 0.138. The Balaban J connectivity index is 0.000000989. The SMILES string of the molecule is CC.CC.Nc1cc(C2CCN(C(=O)c3ccc(C(F)(F)F)cc3Br)CC2)no1. The smallest absolute Gasteiger partial charge is 0.368 e. The summed E-state index contributed by atoms with van der Waals surface area (Å²) in [6.45, 7) is 8.98. The lowest BCUT2D eigenvalue weighted by Crippen LogP contribution is -2.38. The molecule has 9 heteroatoms. The topological polar surface area (TPSA) is 72.4 Å². The van der Waals surface area contributed by atoms with E-state index in [0.717, 1.165) is 17.8 Å². The van der Waals surface area contributed by atoms with E-state index < -0.39 is 11.7 Å². The molecule has 2 aromatic rings. The van der Waals surface area contributed by atoms with E-state index in [2.05, 4.69) is 21.1 Å². The molecule has 1 aliphatic heterocycles. The van der Waals surface area contributed by atoms with Crippen molar-refractivity contribution in [1.29, 1.82) is 0 Å². The van der Waals surface area contributed by atoms with Gasteiger partial charge in [-0.05, 0) is 47.0 Å². The quantitative estimate of drug-likeness (QED) is 0.566. The van der Waals surface area contributed by atoms with Gasteiger partial charge in [-0.1, -0.05) is 32.9 Å². The molecule has 5 nitrogen and oxygen atoms in total. The molecule has 0 bridgehead atoms. The maximum atomic E-state index is 12.7. The molecule has 162 valence electrons. The highest BCUT2D eigenvalue weighted by Gasteiger charge is 2.32. The van der Waals surface area contributed by atoms with Crippen LogP contribution in [0.3, 0.4) is 0 Å². The Morgan fingerprint density at radius 1 is 1.17 bits per heavy atom. The third-order valence-electron chi connectivity index (χ3n) is 4.27. The van der Waals surface area contributed by atoms with E-state index in [1.165, 1.54) is 6.07 Å². The van der Waals surface area contributed by atoms with Crippen LogP contribution in [0, 0.1) is 0 Å². The minimum atomic E-state index is -4.44. The Hall–Kier alpha value is -2.03. The van der Waals surface area contributed by atoms with Crippen LogP contribution >= 0.6 is 15.9 Å². The lowest BCUT2D eigenvalue weighted by molar-refractivity contribution is -0.137. The molecular formula is C20H27BrF3N3O2. The van der Waals surface area contributed by atoms with E-state index in [9.17, 15) is 18.0 Å². The van der Waals surface area contributed by atoms with Gasteiger partial charge < -0.3 is 15.2 Å². The van der Waals surface area contributed by atoms with E-state index in [0.29, 0.717) is 25.9 Å². The van der Waals surface area contributed by atoms with Crippen LogP contribution < -0.4 is 5.73 Å². The molecule has 2 N–H and O–H groups in total. The first-order valence-electron chi connectivity index (χ1n) is 9.64. The minimum Gasteiger partial charge on any atom is -0.368 e. The maximum absolute atomic E-state index is 12.7. The van der Waals surface area contributed by atoms with Crippen LogP contribution in [0.1, 0.15) is 68.1 Å². The summed E-state index contributed by atoms with van der Waals surface area (Å²) in [5, 5.41) is 3.90. The fraction of sp³-hybridized carbons (Fsp3) is 0.500. The number of hydrogen-bond donors (Lipinski definition) is 1. The zero-order valence-electron chi connectivity index (χ0n) is 17.0. The van der Waals surface area contributed by atoms with Gasteiger partial charge in [-0.15, -0.1) is 0 Å². The van der Waals surface area contributed by atoms with Crippen molar-refractivity contribution in [1.82, 2.24) is 10.1 Å². The zero-order valence-corrected chi connectivity index (χ0v) is 18.6. The van der Waals surface area contributed by atoms with Crippen molar-refractivity contribution in [3.05, 3.63) is 45.6 Å². The van der Waals surface area contributed by atoms with Crippen LogP contribution in [0.15, 0.2) is 33.3 Å². The third-order valence-corrected chi connectivity index (χ3v) is 4.93. The number of nitrogen functional groups attached to an aromatic ring is 1. The molecule has 0 aliphatic carbocycles. The van der Waals surface area contributed by atoms with Crippen molar-refractivity contribution in [3.8, 4) is 0 Å². The van der Waals surface area contributed by atoms with E-state index in [4.69, 9.17) is 10.3 Å².